The summed E-state index contributed by atoms with van der Waals surface area (Å²) < 4.78 is 3.35. The number of thiazole rings is 1. The van der Waals surface area contributed by atoms with Gasteiger partial charge in [-0.05, 0) is 46.8 Å². The van der Waals surface area contributed by atoms with Crippen molar-refractivity contribution in [1.82, 2.24) is 36.0 Å². The van der Waals surface area contributed by atoms with E-state index in [9.17, 15) is 9.59 Å². The van der Waals surface area contributed by atoms with E-state index < -0.39 is 5.91 Å². The molecule has 0 unspecified atom stereocenters. The minimum absolute atomic E-state index is 0.151. The molecule has 140 valence electrons. The summed E-state index contributed by atoms with van der Waals surface area (Å²) in [4.78, 5) is 28.6. The van der Waals surface area contributed by atoms with Crippen LogP contribution in [0.4, 0.5) is 0 Å². The van der Waals surface area contributed by atoms with E-state index in [1.807, 2.05) is 24.3 Å². The van der Waals surface area contributed by atoms with Gasteiger partial charge in [0.2, 0.25) is 5.91 Å². The number of rotatable bonds is 5. The van der Waals surface area contributed by atoms with Gasteiger partial charge in [0.1, 0.15) is 6.33 Å². The maximum atomic E-state index is 12.1. The topological polar surface area (TPSA) is 115 Å². The molecule has 9 nitrogen and oxygen atoms in total. The van der Waals surface area contributed by atoms with Gasteiger partial charge in [-0.15, -0.1) is 16.4 Å². The summed E-state index contributed by atoms with van der Waals surface area (Å²) in [5.41, 5.74) is 6.84. The largest absolute Gasteiger partial charge is 0.272 e. The van der Waals surface area contributed by atoms with E-state index in [4.69, 9.17) is 0 Å². The van der Waals surface area contributed by atoms with Gasteiger partial charge in [0.05, 0.1) is 21.7 Å². The fraction of sp³-hybridized carbons (Fsp3) is 0.0588. The normalized spacial score (nSPS) is 10.7. The third-order valence-electron chi connectivity index (χ3n) is 3.66. The van der Waals surface area contributed by atoms with Crippen molar-refractivity contribution in [2.75, 3.05) is 5.75 Å². The van der Waals surface area contributed by atoms with Crippen LogP contribution >= 0.6 is 23.1 Å². The van der Waals surface area contributed by atoms with Gasteiger partial charge in [-0.3, -0.25) is 20.4 Å². The number of thioether (sulfide) groups is 1. The molecule has 0 aliphatic heterocycles. The quantitative estimate of drug-likeness (QED) is 0.380. The summed E-state index contributed by atoms with van der Waals surface area (Å²) in [6.45, 7) is 0. The van der Waals surface area contributed by atoms with Crippen LogP contribution in [0.3, 0.4) is 0 Å². The molecule has 0 saturated carbocycles. The number of amides is 2. The summed E-state index contributed by atoms with van der Waals surface area (Å²) in [6, 6.07) is 14.4. The molecule has 2 amide bonds. The molecule has 28 heavy (non-hydrogen) atoms. The Morgan fingerprint density at radius 3 is 2.64 bits per heavy atom. The van der Waals surface area contributed by atoms with Gasteiger partial charge in [-0.25, -0.2) is 9.67 Å². The van der Waals surface area contributed by atoms with Crippen molar-refractivity contribution in [2.45, 2.75) is 4.34 Å². The molecule has 0 fully saturated rings. The summed E-state index contributed by atoms with van der Waals surface area (Å²) >= 11 is 2.85. The molecular weight excluding hydrogens is 398 g/mol. The number of carbonyl (C=O) groups excluding carboxylic acids is 2. The number of aromatic nitrogens is 5. The minimum Gasteiger partial charge on any atom is -0.272 e. The monoisotopic (exact) mass is 411 g/mol. The Bertz CT molecular complexity index is 1080. The second-order valence-corrected chi connectivity index (χ2v) is 7.79. The van der Waals surface area contributed by atoms with Crippen molar-refractivity contribution in [3.05, 3.63) is 60.4 Å². The lowest BCUT2D eigenvalue weighted by molar-refractivity contribution is -0.119. The number of hydrazine groups is 1. The van der Waals surface area contributed by atoms with Crippen LogP contribution in [-0.4, -0.2) is 42.8 Å². The lowest BCUT2D eigenvalue weighted by Crippen LogP contribution is -2.42. The molecule has 0 aliphatic carbocycles. The summed E-state index contributed by atoms with van der Waals surface area (Å²) in [6.07, 6.45) is 1.46. The Hall–Kier alpha value is -3.31. The maximum Gasteiger partial charge on any atom is 0.269 e. The standard InChI is InChI=1S/C17H13N7O2S2/c25-15(9-27-17-19-13-3-1-2-4-14(13)28-17)20-21-16(26)11-5-7-12(8-6-11)24-10-18-22-23-24/h1-8,10H,9H2,(H,20,25)(H,21,26). The second kappa shape index (κ2) is 8.15. The molecule has 0 aliphatic rings. The van der Waals surface area contributed by atoms with E-state index in [0.717, 1.165) is 20.2 Å². The van der Waals surface area contributed by atoms with Gasteiger partial charge in [0.15, 0.2) is 4.34 Å². The second-order valence-electron chi connectivity index (χ2n) is 5.54. The molecule has 0 saturated heterocycles. The Morgan fingerprint density at radius 1 is 1.07 bits per heavy atom. The summed E-state index contributed by atoms with van der Waals surface area (Å²) in [7, 11) is 0. The van der Waals surface area contributed by atoms with Gasteiger partial charge in [-0.1, -0.05) is 23.9 Å². The highest BCUT2D eigenvalue weighted by atomic mass is 32.2. The Balaban J connectivity index is 1.27. The van der Waals surface area contributed by atoms with E-state index >= 15 is 0 Å². The highest BCUT2D eigenvalue weighted by molar-refractivity contribution is 8.01. The van der Waals surface area contributed by atoms with Crippen molar-refractivity contribution in [1.29, 1.82) is 0 Å². The number of carbonyl (C=O) groups is 2. The molecular formula is C17H13N7O2S2. The van der Waals surface area contributed by atoms with E-state index in [0.29, 0.717) is 5.56 Å². The zero-order valence-corrected chi connectivity index (χ0v) is 15.9. The van der Waals surface area contributed by atoms with Crippen LogP contribution < -0.4 is 10.9 Å². The number of hydrogen-bond donors (Lipinski definition) is 2. The average Bonchev–Trinajstić information content (AvgIpc) is 3.40. The number of tetrazole rings is 1. The van der Waals surface area contributed by atoms with Gasteiger partial charge >= 0.3 is 0 Å². The Kier molecular flexibility index (Phi) is 5.26. The predicted octanol–water partition coefficient (Wildman–Crippen LogP) is 1.83. The number of nitrogens with one attached hydrogen (secondary N) is 2. The highest BCUT2D eigenvalue weighted by Crippen LogP contribution is 2.28. The minimum atomic E-state index is -0.415. The van der Waals surface area contributed by atoms with Gasteiger partial charge < -0.3 is 0 Å². The first-order valence-electron chi connectivity index (χ1n) is 8.10. The van der Waals surface area contributed by atoms with Crippen LogP contribution in [0.15, 0.2) is 59.2 Å². The maximum absolute atomic E-state index is 12.1. The van der Waals surface area contributed by atoms with E-state index in [-0.39, 0.29) is 11.7 Å². The van der Waals surface area contributed by atoms with E-state index in [1.54, 1.807) is 24.3 Å². The van der Waals surface area contributed by atoms with Crippen molar-refractivity contribution in [3.8, 4) is 5.69 Å². The average molecular weight is 411 g/mol. The van der Waals surface area contributed by atoms with Crippen LogP contribution in [0.25, 0.3) is 15.9 Å². The SMILES string of the molecule is O=C(CSc1nc2ccccc2s1)NNC(=O)c1ccc(-n2cnnn2)cc1. The van der Waals surface area contributed by atoms with Crippen LogP contribution in [-0.2, 0) is 4.79 Å². The lowest BCUT2D eigenvalue weighted by Gasteiger charge is -2.07. The third-order valence-corrected chi connectivity index (χ3v) is 5.84. The zero-order valence-electron chi connectivity index (χ0n) is 14.3. The molecule has 11 heteroatoms. The van der Waals surface area contributed by atoms with Crippen molar-refractivity contribution >= 4 is 45.1 Å². The molecule has 0 radical (unpaired) electrons. The van der Waals surface area contributed by atoms with E-state index in [1.165, 1.54) is 34.1 Å². The number of hydrogen-bond acceptors (Lipinski definition) is 8. The molecule has 2 heterocycles. The first kappa shape index (κ1) is 18.1. The molecule has 4 aromatic rings. The molecule has 0 bridgehead atoms. The number of para-hydroxylation sites is 1. The van der Waals surface area contributed by atoms with Gasteiger partial charge in [0.25, 0.3) is 5.91 Å². The Labute approximate surface area is 167 Å². The third kappa shape index (κ3) is 4.15. The molecule has 4 rings (SSSR count). The zero-order chi connectivity index (χ0) is 19.3. The molecule has 0 atom stereocenters. The number of fused-ring (bicyclic) bond motifs is 1. The van der Waals surface area contributed by atoms with Crippen molar-refractivity contribution in [3.63, 3.8) is 0 Å². The first-order valence-corrected chi connectivity index (χ1v) is 9.90. The van der Waals surface area contributed by atoms with Crippen LogP contribution in [0.2, 0.25) is 0 Å². The number of benzene rings is 2. The van der Waals surface area contributed by atoms with Gasteiger partial charge in [0, 0.05) is 5.56 Å². The van der Waals surface area contributed by atoms with Crippen LogP contribution in [0.5, 0.6) is 0 Å². The summed E-state index contributed by atoms with van der Waals surface area (Å²) in [5.74, 6) is -0.581. The lowest BCUT2D eigenvalue weighted by atomic mass is 10.2. The fourth-order valence-corrected chi connectivity index (χ4v) is 4.19. The molecule has 2 aromatic carbocycles. The predicted molar refractivity (Wildman–Crippen MR) is 105 cm³/mol. The summed E-state index contributed by atoms with van der Waals surface area (Å²) in [5, 5.41) is 10.9. The van der Waals surface area contributed by atoms with Gasteiger partial charge in [-0.2, -0.15) is 0 Å². The first-order chi connectivity index (χ1) is 13.7. The fourth-order valence-electron chi connectivity index (χ4n) is 2.32. The Morgan fingerprint density at radius 2 is 1.89 bits per heavy atom. The molecule has 2 aromatic heterocycles. The molecule has 0 spiro atoms. The van der Waals surface area contributed by atoms with Crippen LogP contribution in [0.1, 0.15) is 10.4 Å². The van der Waals surface area contributed by atoms with E-state index in [2.05, 4.69) is 31.4 Å². The van der Waals surface area contributed by atoms with Crippen molar-refractivity contribution < 1.29 is 9.59 Å². The molecule has 2 N–H and O–H groups in total. The van der Waals surface area contributed by atoms with Crippen LogP contribution in [0, 0.1) is 0 Å². The highest BCUT2D eigenvalue weighted by Gasteiger charge is 2.10. The van der Waals surface area contributed by atoms with Crippen molar-refractivity contribution in [2.24, 2.45) is 0 Å². The number of nitrogens with zero attached hydrogens (tertiary/aromatic N) is 5. The smallest absolute Gasteiger partial charge is 0.269 e.